The monoisotopic (exact) mass is 535 g/mol. The molecule has 0 aliphatic carbocycles. The van der Waals surface area contributed by atoms with Gasteiger partial charge in [0.05, 0.1) is 28.2 Å². The molecule has 1 aromatic heterocycles. The number of fused-ring (bicyclic) bond motifs is 1. The highest BCUT2D eigenvalue weighted by molar-refractivity contribution is 5.94. The van der Waals surface area contributed by atoms with Gasteiger partial charge in [-0.15, -0.1) is 0 Å². The molecule has 0 aliphatic heterocycles. The average molecular weight is 536 g/mol. The Morgan fingerprint density at radius 3 is 2.28 bits per heavy atom. The lowest BCUT2D eigenvalue weighted by atomic mass is 10.0. The number of rotatable bonds is 8. The Labute approximate surface area is 225 Å². The number of carbonyl (C=O) groups is 1. The molecule has 0 radical (unpaired) electrons. The fourth-order valence-electron chi connectivity index (χ4n) is 4.79. The van der Waals surface area contributed by atoms with E-state index in [1.165, 1.54) is 16.7 Å². The Morgan fingerprint density at radius 2 is 1.67 bits per heavy atom. The molecule has 1 amide bonds. The molecule has 1 unspecified atom stereocenters. The number of aromatic nitrogens is 2. The summed E-state index contributed by atoms with van der Waals surface area (Å²) in [4.78, 5) is 34.1. The largest absolute Gasteiger partial charge is 0.416 e. The molecule has 5 nitrogen and oxygen atoms in total. The summed E-state index contributed by atoms with van der Waals surface area (Å²) in [5, 5.41) is 0.440. The van der Waals surface area contributed by atoms with Crippen LogP contribution in [-0.4, -0.2) is 26.9 Å². The summed E-state index contributed by atoms with van der Waals surface area (Å²) in [5.41, 5.74) is 0.992. The number of para-hydroxylation sites is 1. The van der Waals surface area contributed by atoms with Crippen LogP contribution in [0.25, 0.3) is 16.6 Å². The van der Waals surface area contributed by atoms with E-state index in [-0.39, 0.29) is 23.6 Å². The van der Waals surface area contributed by atoms with Gasteiger partial charge in [0.2, 0.25) is 0 Å². The molecule has 0 saturated heterocycles. The predicted molar refractivity (Wildman–Crippen MR) is 147 cm³/mol. The SMILES string of the molecule is CCc1ccc(-n2c(C(CC)N(CC(C)C)C(=O)c3cccc(C(F)(F)F)c3)nc3ccccc3c2=O)cc1. The van der Waals surface area contributed by atoms with E-state index in [1.807, 2.05) is 52.0 Å². The lowest BCUT2D eigenvalue weighted by molar-refractivity contribution is -0.137. The van der Waals surface area contributed by atoms with Crippen LogP contribution in [0.1, 0.15) is 67.5 Å². The highest BCUT2D eigenvalue weighted by Gasteiger charge is 2.34. The fraction of sp³-hybridized carbons (Fsp3) is 0.323. The first-order chi connectivity index (χ1) is 18.5. The molecule has 0 bridgehead atoms. The summed E-state index contributed by atoms with van der Waals surface area (Å²) in [5.74, 6) is -0.165. The molecule has 39 heavy (non-hydrogen) atoms. The van der Waals surface area contributed by atoms with Crippen molar-refractivity contribution in [3.8, 4) is 5.69 Å². The summed E-state index contributed by atoms with van der Waals surface area (Å²) < 4.78 is 41.9. The lowest BCUT2D eigenvalue weighted by Gasteiger charge is -2.34. The zero-order valence-corrected chi connectivity index (χ0v) is 22.5. The van der Waals surface area contributed by atoms with Crippen LogP contribution in [-0.2, 0) is 12.6 Å². The van der Waals surface area contributed by atoms with Gasteiger partial charge in [0.25, 0.3) is 11.5 Å². The number of aryl methyl sites for hydroxylation is 1. The molecule has 0 aliphatic rings. The molecular formula is C31H32F3N3O2. The second-order valence-corrected chi connectivity index (χ2v) is 10.0. The van der Waals surface area contributed by atoms with E-state index in [1.54, 1.807) is 29.2 Å². The summed E-state index contributed by atoms with van der Waals surface area (Å²) >= 11 is 0. The number of nitrogens with zero attached hydrogens (tertiary/aromatic N) is 3. The minimum Gasteiger partial charge on any atom is -0.328 e. The van der Waals surface area contributed by atoms with Crippen molar-refractivity contribution in [2.24, 2.45) is 5.92 Å². The molecule has 0 N–H and O–H groups in total. The second-order valence-electron chi connectivity index (χ2n) is 10.0. The molecule has 8 heteroatoms. The van der Waals surface area contributed by atoms with Gasteiger partial charge in [-0.3, -0.25) is 14.2 Å². The van der Waals surface area contributed by atoms with Gasteiger partial charge in [0.15, 0.2) is 0 Å². The maximum Gasteiger partial charge on any atom is 0.416 e. The zero-order chi connectivity index (χ0) is 28.3. The molecule has 4 rings (SSSR count). The van der Waals surface area contributed by atoms with Gasteiger partial charge < -0.3 is 4.90 Å². The first kappa shape index (κ1) is 28.1. The highest BCUT2D eigenvalue weighted by atomic mass is 19.4. The van der Waals surface area contributed by atoms with E-state index < -0.39 is 23.7 Å². The Morgan fingerprint density at radius 1 is 0.974 bits per heavy atom. The van der Waals surface area contributed by atoms with E-state index in [0.717, 1.165) is 24.1 Å². The van der Waals surface area contributed by atoms with Crippen LogP contribution >= 0.6 is 0 Å². The van der Waals surface area contributed by atoms with Crippen LogP contribution in [0.5, 0.6) is 0 Å². The van der Waals surface area contributed by atoms with Crippen LogP contribution in [0.3, 0.4) is 0 Å². The zero-order valence-electron chi connectivity index (χ0n) is 22.5. The van der Waals surface area contributed by atoms with E-state index in [2.05, 4.69) is 0 Å². The third kappa shape index (κ3) is 5.90. The standard InChI is InChI=1S/C31H32F3N3O2/c1-5-21-14-16-24(17-15-21)37-28(35-26-13-8-7-12-25(26)30(37)39)27(6-2)36(19-20(3)4)29(38)22-10-9-11-23(18-22)31(32,33)34/h7-18,20,27H,5-6,19H2,1-4H3. The van der Waals surface area contributed by atoms with Gasteiger partial charge in [0.1, 0.15) is 5.82 Å². The molecule has 0 saturated carbocycles. The minimum atomic E-state index is -4.58. The van der Waals surface area contributed by atoms with E-state index in [0.29, 0.717) is 28.8 Å². The van der Waals surface area contributed by atoms with Crippen LogP contribution < -0.4 is 5.56 Å². The van der Waals surface area contributed by atoms with Crippen molar-refractivity contribution < 1.29 is 18.0 Å². The van der Waals surface area contributed by atoms with Gasteiger partial charge in [-0.25, -0.2) is 4.98 Å². The van der Waals surface area contributed by atoms with Crippen molar-refractivity contribution in [3.63, 3.8) is 0 Å². The number of halogens is 3. The van der Waals surface area contributed by atoms with E-state index >= 15 is 0 Å². The number of carbonyl (C=O) groups excluding carboxylic acids is 1. The highest BCUT2D eigenvalue weighted by Crippen LogP contribution is 2.32. The van der Waals surface area contributed by atoms with Crippen molar-refractivity contribution in [2.45, 2.75) is 52.8 Å². The Kier molecular flexibility index (Phi) is 8.23. The van der Waals surface area contributed by atoms with Gasteiger partial charge in [0, 0.05) is 12.1 Å². The maximum atomic E-state index is 13.9. The van der Waals surface area contributed by atoms with Crippen LogP contribution in [0, 0.1) is 5.92 Å². The minimum absolute atomic E-state index is 0.0123. The number of benzene rings is 3. The number of amides is 1. The predicted octanol–water partition coefficient (Wildman–Crippen LogP) is 7.22. The Bertz CT molecular complexity index is 1530. The van der Waals surface area contributed by atoms with Crippen LogP contribution in [0.2, 0.25) is 0 Å². The smallest absolute Gasteiger partial charge is 0.328 e. The molecule has 1 atom stereocenters. The van der Waals surface area contributed by atoms with Crippen LogP contribution in [0.15, 0.2) is 77.6 Å². The lowest BCUT2D eigenvalue weighted by Crippen LogP contribution is -2.40. The molecule has 4 aromatic rings. The van der Waals surface area contributed by atoms with Crippen molar-refractivity contribution in [3.05, 3.63) is 106 Å². The number of hydrogen-bond donors (Lipinski definition) is 0. The summed E-state index contributed by atoms with van der Waals surface area (Å²) in [7, 11) is 0. The van der Waals surface area contributed by atoms with Crippen molar-refractivity contribution in [1.82, 2.24) is 14.5 Å². The summed E-state index contributed by atoms with van der Waals surface area (Å²) in [6, 6.07) is 18.4. The normalized spacial score (nSPS) is 12.6. The third-order valence-corrected chi connectivity index (χ3v) is 6.72. The average Bonchev–Trinajstić information content (AvgIpc) is 2.92. The van der Waals surface area contributed by atoms with Gasteiger partial charge in [-0.2, -0.15) is 13.2 Å². The van der Waals surface area contributed by atoms with Crippen LogP contribution in [0.4, 0.5) is 13.2 Å². The van der Waals surface area contributed by atoms with E-state index in [4.69, 9.17) is 4.98 Å². The topological polar surface area (TPSA) is 55.2 Å². The van der Waals surface area contributed by atoms with Crippen molar-refractivity contribution in [2.75, 3.05) is 6.54 Å². The quantitative estimate of drug-likeness (QED) is 0.239. The van der Waals surface area contributed by atoms with Crippen molar-refractivity contribution in [1.29, 1.82) is 0 Å². The van der Waals surface area contributed by atoms with Crippen molar-refractivity contribution >= 4 is 16.8 Å². The molecule has 1 heterocycles. The molecule has 204 valence electrons. The Hall–Kier alpha value is -3.94. The number of hydrogen-bond acceptors (Lipinski definition) is 3. The Balaban J connectivity index is 1.93. The fourth-order valence-corrected chi connectivity index (χ4v) is 4.79. The number of alkyl halides is 3. The molecule has 0 fully saturated rings. The van der Waals surface area contributed by atoms with Gasteiger partial charge in [-0.1, -0.05) is 58.0 Å². The first-order valence-corrected chi connectivity index (χ1v) is 13.1. The van der Waals surface area contributed by atoms with E-state index in [9.17, 15) is 22.8 Å². The third-order valence-electron chi connectivity index (χ3n) is 6.72. The summed E-state index contributed by atoms with van der Waals surface area (Å²) in [6.07, 6.45) is -3.34. The first-order valence-electron chi connectivity index (χ1n) is 13.1. The maximum absolute atomic E-state index is 13.9. The molecular weight excluding hydrogens is 503 g/mol. The molecule has 3 aromatic carbocycles. The summed E-state index contributed by atoms with van der Waals surface area (Å²) in [6.45, 7) is 8.06. The molecule has 0 spiro atoms. The van der Waals surface area contributed by atoms with Gasteiger partial charge >= 0.3 is 6.18 Å². The second kappa shape index (κ2) is 11.4. The van der Waals surface area contributed by atoms with Gasteiger partial charge in [-0.05, 0) is 66.8 Å².